The van der Waals surface area contributed by atoms with E-state index in [0.717, 1.165) is 0 Å². The number of ether oxygens (including phenoxy) is 1. The van der Waals surface area contributed by atoms with Gasteiger partial charge < -0.3 is 15.4 Å². The molecule has 0 aliphatic heterocycles. The first-order chi connectivity index (χ1) is 11.9. The average Bonchev–Trinajstić information content (AvgIpc) is 3.37. The van der Waals surface area contributed by atoms with Crippen LogP contribution in [0.1, 0.15) is 12.8 Å². The van der Waals surface area contributed by atoms with Crippen LogP contribution in [0.4, 0.5) is 15.8 Å². The van der Waals surface area contributed by atoms with Crippen LogP contribution in [0.2, 0.25) is 5.02 Å². The van der Waals surface area contributed by atoms with Crippen molar-refractivity contribution < 1.29 is 18.7 Å². The maximum atomic E-state index is 13.2. The van der Waals surface area contributed by atoms with Gasteiger partial charge in [0.15, 0.2) is 0 Å². The molecule has 5 nitrogen and oxygen atoms in total. The van der Waals surface area contributed by atoms with Gasteiger partial charge in [-0.1, -0.05) is 17.7 Å². The van der Waals surface area contributed by atoms with Crippen molar-refractivity contribution in [3.8, 4) is 5.75 Å². The molecular weight excluding hydrogens is 347 g/mol. The average molecular weight is 363 g/mol. The van der Waals surface area contributed by atoms with Gasteiger partial charge in [0, 0.05) is 10.7 Å². The Morgan fingerprint density at radius 1 is 1.12 bits per heavy atom. The Morgan fingerprint density at radius 2 is 1.84 bits per heavy atom. The van der Waals surface area contributed by atoms with E-state index in [2.05, 4.69) is 10.6 Å². The fourth-order valence-electron chi connectivity index (χ4n) is 2.52. The summed E-state index contributed by atoms with van der Waals surface area (Å²) >= 11 is 5.95. The van der Waals surface area contributed by atoms with E-state index in [1.165, 1.54) is 25.3 Å². The van der Waals surface area contributed by atoms with Crippen LogP contribution in [0.5, 0.6) is 5.75 Å². The predicted molar refractivity (Wildman–Crippen MR) is 93.3 cm³/mol. The molecule has 0 atom stereocenters. The molecule has 25 heavy (non-hydrogen) atoms. The summed E-state index contributed by atoms with van der Waals surface area (Å²) in [5.74, 6) is -0.923. The molecule has 2 N–H and O–H groups in total. The van der Waals surface area contributed by atoms with Crippen LogP contribution in [0.3, 0.4) is 0 Å². The van der Waals surface area contributed by atoms with Crippen LogP contribution < -0.4 is 15.4 Å². The van der Waals surface area contributed by atoms with Gasteiger partial charge in [0.25, 0.3) is 0 Å². The minimum atomic E-state index is -1.17. The van der Waals surface area contributed by atoms with Crippen molar-refractivity contribution >= 4 is 34.8 Å². The number of halogens is 2. The van der Waals surface area contributed by atoms with Crippen molar-refractivity contribution in [2.45, 2.75) is 12.8 Å². The molecule has 2 amide bonds. The Morgan fingerprint density at radius 3 is 2.48 bits per heavy atom. The summed E-state index contributed by atoms with van der Waals surface area (Å²) in [5, 5.41) is 5.73. The normalized spacial score (nSPS) is 14.5. The molecule has 2 aromatic carbocycles. The summed E-state index contributed by atoms with van der Waals surface area (Å²) in [7, 11) is 1.47. The zero-order valence-corrected chi connectivity index (χ0v) is 14.2. The third kappa shape index (κ3) is 3.58. The molecular formula is C18H16ClFN2O3. The molecule has 1 aliphatic rings. The molecule has 0 bridgehead atoms. The summed E-state index contributed by atoms with van der Waals surface area (Å²) in [6, 6.07) is 10.4. The lowest BCUT2D eigenvalue weighted by Crippen LogP contribution is -2.35. The van der Waals surface area contributed by atoms with Gasteiger partial charge in [-0.2, -0.15) is 0 Å². The molecule has 130 valence electrons. The first kappa shape index (κ1) is 17.2. The lowest BCUT2D eigenvalue weighted by molar-refractivity contribution is -0.131. The summed E-state index contributed by atoms with van der Waals surface area (Å²) in [6.07, 6.45) is 0.839. The third-order valence-corrected chi connectivity index (χ3v) is 4.35. The minimum Gasteiger partial charge on any atom is -0.495 e. The summed E-state index contributed by atoms with van der Waals surface area (Å²) in [5.41, 5.74) is -0.464. The topological polar surface area (TPSA) is 67.4 Å². The zero-order valence-electron chi connectivity index (χ0n) is 13.4. The van der Waals surface area contributed by atoms with E-state index < -0.39 is 23.0 Å². The van der Waals surface area contributed by atoms with Gasteiger partial charge >= 0.3 is 0 Å². The van der Waals surface area contributed by atoms with Crippen molar-refractivity contribution in [2.24, 2.45) is 5.41 Å². The molecule has 2 aromatic rings. The van der Waals surface area contributed by atoms with E-state index in [1.807, 2.05) is 0 Å². The van der Waals surface area contributed by atoms with Gasteiger partial charge in [-0.15, -0.1) is 0 Å². The summed E-state index contributed by atoms with van der Waals surface area (Å²) < 4.78 is 18.4. The maximum absolute atomic E-state index is 13.2. The van der Waals surface area contributed by atoms with E-state index in [0.29, 0.717) is 35.0 Å². The van der Waals surface area contributed by atoms with E-state index in [4.69, 9.17) is 16.3 Å². The number of hydrogen-bond donors (Lipinski definition) is 2. The van der Waals surface area contributed by atoms with E-state index in [9.17, 15) is 14.0 Å². The van der Waals surface area contributed by atoms with Gasteiger partial charge in [0.05, 0.1) is 12.8 Å². The number of hydrogen-bond acceptors (Lipinski definition) is 3. The van der Waals surface area contributed by atoms with E-state index in [-0.39, 0.29) is 0 Å². The number of carbonyl (C=O) groups excluding carboxylic acids is 2. The standard InChI is InChI=1S/C18H16ClFN2O3/c1-25-15-6-5-11(19)9-14(15)22-17(24)18(7-8-18)16(23)21-13-4-2-3-12(20)10-13/h2-6,9-10H,7-8H2,1H3,(H,21,23)(H,22,24). The monoisotopic (exact) mass is 362 g/mol. The molecule has 0 aromatic heterocycles. The molecule has 1 saturated carbocycles. The second-order valence-electron chi connectivity index (χ2n) is 5.85. The maximum Gasteiger partial charge on any atom is 0.240 e. The molecule has 0 spiro atoms. The minimum absolute atomic E-state index is 0.310. The molecule has 3 rings (SSSR count). The van der Waals surface area contributed by atoms with Crippen molar-refractivity contribution in [2.75, 3.05) is 17.7 Å². The molecule has 0 saturated heterocycles. The van der Waals surface area contributed by atoms with Crippen molar-refractivity contribution in [3.05, 3.63) is 53.3 Å². The highest BCUT2D eigenvalue weighted by atomic mass is 35.5. The third-order valence-electron chi connectivity index (χ3n) is 4.11. The van der Waals surface area contributed by atoms with Crippen LogP contribution in [0.25, 0.3) is 0 Å². The van der Waals surface area contributed by atoms with Crippen LogP contribution in [-0.4, -0.2) is 18.9 Å². The Balaban J connectivity index is 1.75. The number of amides is 2. The molecule has 1 aliphatic carbocycles. The molecule has 0 unspecified atom stereocenters. The van der Waals surface area contributed by atoms with Crippen LogP contribution >= 0.6 is 11.6 Å². The van der Waals surface area contributed by atoms with Crippen LogP contribution in [0, 0.1) is 11.2 Å². The smallest absolute Gasteiger partial charge is 0.240 e. The molecule has 0 heterocycles. The zero-order chi connectivity index (χ0) is 18.0. The molecule has 0 radical (unpaired) electrons. The van der Waals surface area contributed by atoms with Gasteiger partial charge in [0.2, 0.25) is 11.8 Å². The van der Waals surface area contributed by atoms with Gasteiger partial charge in [-0.3, -0.25) is 9.59 Å². The molecule has 1 fully saturated rings. The summed E-state index contributed by atoms with van der Waals surface area (Å²) in [4.78, 5) is 25.1. The second kappa shape index (κ2) is 6.72. The largest absolute Gasteiger partial charge is 0.495 e. The molecule has 7 heteroatoms. The van der Waals surface area contributed by atoms with Crippen molar-refractivity contribution in [3.63, 3.8) is 0 Å². The SMILES string of the molecule is COc1ccc(Cl)cc1NC(=O)C1(C(=O)Nc2cccc(F)c2)CC1. The highest BCUT2D eigenvalue weighted by molar-refractivity contribution is 6.31. The second-order valence-corrected chi connectivity index (χ2v) is 6.28. The number of rotatable bonds is 5. The first-order valence-electron chi connectivity index (χ1n) is 7.67. The van der Waals surface area contributed by atoms with E-state index >= 15 is 0 Å². The lowest BCUT2D eigenvalue weighted by Gasteiger charge is -2.17. The highest BCUT2D eigenvalue weighted by Crippen LogP contribution is 2.48. The fraction of sp³-hybridized carbons (Fsp3) is 0.222. The van der Waals surface area contributed by atoms with Gasteiger partial charge in [-0.25, -0.2) is 4.39 Å². The fourth-order valence-corrected chi connectivity index (χ4v) is 2.69. The summed E-state index contributed by atoms with van der Waals surface area (Å²) in [6.45, 7) is 0. The number of methoxy groups -OCH3 is 1. The van der Waals surface area contributed by atoms with Crippen LogP contribution in [-0.2, 0) is 9.59 Å². The van der Waals surface area contributed by atoms with Gasteiger partial charge in [-0.05, 0) is 49.2 Å². The van der Waals surface area contributed by atoms with Crippen molar-refractivity contribution in [1.82, 2.24) is 0 Å². The lowest BCUT2D eigenvalue weighted by atomic mass is 10.0. The number of carbonyl (C=O) groups is 2. The number of anilines is 2. The highest BCUT2D eigenvalue weighted by Gasteiger charge is 2.56. The van der Waals surface area contributed by atoms with Gasteiger partial charge in [0.1, 0.15) is 17.0 Å². The first-order valence-corrected chi connectivity index (χ1v) is 8.04. The van der Waals surface area contributed by atoms with Crippen molar-refractivity contribution in [1.29, 1.82) is 0 Å². The Bertz CT molecular complexity index is 837. The Labute approximate surface area is 149 Å². The predicted octanol–water partition coefficient (Wildman–Crippen LogP) is 3.85. The Hall–Kier alpha value is -2.60. The van der Waals surface area contributed by atoms with E-state index in [1.54, 1.807) is 24.3 Å². The quantitative estimate of drug-likeness (QED) is 0.794. The van der Waals surface area contributed by atoms with Crippen LogP contribution in [0.15, 0.2) is 42.5 Å². The number of benzene rings is 2. The number of nitrogens with one attached hydrogen (secondary N) is 2. The Kier molecular flexibility index (Phi) is 4.63.